The third-order valence-corrected chi connectivity index (χ3v) is 7.24. The molecule has 30 heavy (non-hydrogen) atoms. The average Bonchev–Trinajstić information content (AvgIpc) is 3.20. The summed E-state index contributed by atoms with van der Waals surface area (Å²) in [5, 5.41) is 12.7. The van der Waals surface area contributed by atoms with E-state index in [1.807, 2.05) is 30.5 Å². The second-order valence-corrected chi connectivity index (χ2v) is 9.35. The number of rotatable bonds is 3. The summed E-state index contributed by atoms with van der Waals surface area (Å²) in [5.74, 6) is 2.31. The van der Waals surface area contributed by atoms with E-state index in [-0.39, 0.29) is 0 Å². The predicted molar refractivity (Wildman–Crippen MR) is 114 cm³/mol. The molecule has 0 amide bonds. The molecule has 0 bridgehead atoms. The number of hydrogen-bond acceptors (Lipinski definition) is 7. The average molecular weight is 403 g/mol. The lowest BCUT2D eigenvalue weighted by Crippen LogP contribution is -2.66. The zero-order chi connectivity index (χ0) is 20.1. The molecule has 7 nitrogen and oxygen atoms in total. The third kappa shape index (κ3) is 2.94. The summed E-state index contributed by atoms with van der Waals surface area (Å²) in [6, 6.07) is 9.95. The highest BCUT2D eigenvalue weighted by molar-refractivity contribution is 5.77. The lowest BCUT2D eigenvalue weighted by Gasteiger charge is -2.56. The zero-order valence-corrected chi connectivity index (χ0v) is 17.0. The minimum atomic E-state index is 0.331. The number of piperidine rings is 1. The van der Waals surface area contributed by atoms with Crippen molar-refractivity contribution in [2.24, 2.45) is 17.3 Å². The number of benzene rings is 1. The molecule has 1 aromatic heterocycles. The Balaban J connectivity index is 1.33. The first-order valence-corrected chi connectivity index (χ1v) is 10.9. The summed E-state index contributed by atoms with van der Waals surface area (Å²) >= 11 is 0. The second kappa shape index (κ2) is 6.93. The number of ether oxygens (including phenoxy) is 1. The van der Waals surface area contributed by atoms with Gasteiger partial charge in [0, 0.05) is 31.7 Å². The molecule has 0 saturated carbocycles. The summed E-state index contributed by atoms with van der Waals surface area (Å²) in [7, 11) is 0. The van der Waals surface area contributed by atoms with Gasteiger partial charge in [-0.05, 0) is 43.5 Å². The number of nitrogens with zero attached hydrogens (tertiary/aromatic N) is 5. The van der Waals surface area contributed by atoms with Gasteiger partial charge in [-0.15, -0.1) is 0 Å². The van der Waals surface area contributed by atoms with Crippen LogP contribution >= 0.6 is 0 Å². The Morgan fingerprint density at radius 2 is 1.90 bits per heavy atom. The minimum absolute atomic E-state index is 0.331. The number of hydrogen-bond donors (Lipinski definition) is 1. The number of nitrogens with one attached hydrogen (secondary N) is 1. The maximum absolute atomic E-state index is 9.16. The Kier molecular flexibility index (Phi) is 4.18. The van der Waals surface area contributed by atoms with Crippen molar-refractivity contribution in [3.63, 3.8) is 0 Å². The zero-order valence-electron chi connectivity index (χ0n) is 17.0. The Hall–Kier alpha value is -2.69. The molecular weight excluding hydrogens is 376 g/mol. The van der Waals surface area contributed by atoms with Crippen molar-refractivity contribution in [2.75, 3.05) is 62.3 Å². The maximum Gasteiger partial charge on any atom is 0.226 e. The highest BCUT2D eigenvalue weighted by Crippen LogP contribution is 2.43. The molecule has 7 heteroatoms. The van der Waals surface area contributed by atoms with Gasteiger partial charge < -0.3 is 19.9 Å². The number of anilines is 2. The van der Waals surface area contributed by atoms with Crippen molar-refractivity contribution in [1.82, 2.24) is 15.3 Å². The van der Waals surface area contributed by atoms with Crippen molar-refractivity contribution in [1.29, 1.82) is 5.26 Å². The summed E-state index contributed by atoms with van der Waals surface area (Å²) in [5.41, 5.74) is 4.08. The van der Waals surface area contributed by atoms with Crippen LogP contribution in [0.15, 0.2) is 30.5 Å². The van der Waals surface area contributed by atoms with Crippen LogP contribution in [0.5, 0.6) is 0 Å². The van der Waals surface area contributed by atoms with Crippen LogP contribution in [-0.4, -0.2) is 62.5 Å². The van der Waals surface area contributed by atoms with Crippen LogP contribution in [0.25, 0.3) is 11.3 Å². The first-order valence-electron chi connectivity index (χ1n) is 10.9. The highest BCUT2D eigenvalue weighted by atomic mass is 16.5. The van der Waals surface area contributed by atoms with E-state index in [9.17, 15) is 0 Å². The molecule has 1 N–H and O–H groups in total. The largest absolute Gasteiger partial charge is 0.380 e. The molecule has 154 valence electrons. The maximum atomic E-state index is 9.16. The Bertz CT molecular complexity index is 988. The molecule has 4 fully saturated rings. The van der Waals surface area contributed by atoms with Crippen LogP contribution in [-0.2, 0) is 4.74 Å². The molecule has 2 unspecified atom stereocenters. The van der Waals surface area contributed by atoms with E-state index in [4.69, 9.17) is 20.0 Å². The summed E-state index contributed by atoms with van der Waals surface area (Å²) in [4.78, 5) is 14.6. The van der Waals surface area contributed by atoms with Gasteiger partial charge in [-0.2, -0.15) is 5.26 Å². The Morgan fingerprint density at radius 3 is 2.63 bits per heavy atom. The Morgan fingerprint density at radius 1 is 1.10 bits per heavy atom. The predicted octanol–water partition coefficient (Wildman–Crippen LogP) is 1.90. The fourth-order valence-electron chi connectivity index (χ4n) is 5.39. The third-order valence-electron chi connectivity index (χ3n) is 7.24. The number of fused-ring (bicyclic) bond motifs is 1. The van der Waals surface area contributed by atoms with E-state index in [1.165, 1.54) is 6.42 Å². The summed E-state index contributed by atoms with van der Waals surface area (Å²) in [6.07, 6.45) is 3.20. The molecule has 6 rings (SSSR count). The molecule has 1 spiro atoms. The van der Waals surface area contributed by atoms with E-state index in [0.717, 1.165) is 81.3 Å². The van der Waals surface area contributed by atoms with Gasteiger partial charge in [0.05, 0.1) is 47.8 Å². The molecule has 5 heterocycles. The second-order valence-electron chi connectivity index (χ2n) is 9.35. The van der Waals surface area contributed by atoms with E-state index < -0.39 is 0 Å². The van der Waals surface area contributed by atoms with E-state index in [0.29, 0.717) is 16.9 Å². The van der Waals surface area contributed by atoms with Crippen LogP contribution in [0.4, 0.5) is 11.6 Å². The van der Waals surface area contributed by atoms with Gasteiger partial charge in [0.2, 0.25) is 5.95 Å². The number of nitriles is 1. The minimum Gasteiger partial charge on any atom is -0.380 e. The van der Waals surface area contributed by atoms with Crippen LogP contribution in [0.3, 0.4) is 0 Å². The monoisotopic (exact) mass is 402 g/mol. The normalized spacial score (nSPS) is 26.6. The molecule has 4 aliphatic rings. The van der Waals surface area contributed by atoms with Gasteiger partial charge in [0.1, 0.15) is 0 Å². The smallest absolute Gasteiger partial charge is 0.226 e. The van der Waals surface area contributed by atoms with E-state index >= 15 is 0 Å². The molecule has 1 aromatic carbocycles. The van der Waals surface area contributed by atoms with Crippen LogP contribution in [0.1, 0.15) is 12.0 Å². The lowest BCUT2D eigenvalue weighted by atomic mass is 9.77. The molecule has 2 aromatic rings. The van der Waals surface area contributed by atoms with Crippen LogP contribution in [0.2, 0.25) is 0 Å². The highest BCUT2D eigenvalue weighted by Gasteiger charge is 2.49. The van der Waals surface area contributed by atoms with Crippen molar-refractivity contribution in [2.45, 2.75) is 6.42 Å². The quantitative estimate of drug-likeness (QED) is 0.840. The molecule has 4 saturated heterocycles. The van der Waals surface area contributed by atoms with Crippen LogP contribution in [0, 0.1) is 28.6 Å². The molecule has 0 aliphatic carbocycles. The molecule has 0 radical (unpaired) electrons. The van der Waals surface area contributed by atoms with Gasteiger partial charge in [-0.1, -0.05) is 12.1 Å². The fraction of sp³-hybridized carbons (Fsp3) is 0.522. The van der Waals surface area contributed by atoms with Crippen molar-refractivity contribution >= 4 is 11.6 Å². The molecule has 2 atom stereocenters. The van der Waals surface area contributed by atoms with E-state index in [2.05, 4.69) is 21.2 Å². The van der Waals surface area contributed by atoms with Crippen molar-refractivity contribution < 1.29 is 4.74 Å². The first-order chi connectivity index (χ1) is 14.7. The molecule has 4 aliphatic heterocycles. The van der Waals surface area contributed by atoms with Gasteiger partial charge in [0.15, 0.2) is 0 Å². The van der Waals surface area contributed by atoms with Crippen molar-refractivity contribution in [3.8, 4) is 17.3 Å². The lowest BCUT2D eigenvalue weighted by molar-refractivity contribution is -0.127. The SMILES string of the molecule is N#Cc1ccc(-c2nc(N3CCC4CNCC4C3)ncc2N2CC3(COC3)C2)cc1. The Labute approximate surface area is 176 Å². The van der Waals surface area contributed by atoms with Gasteiger partial charge >= 0.3 is 0 Å². The fourth-order valence-corrected chi connectivity index (χ4v) is 5.39. The van der Waals surface area contributed by atoms with Gasteiger partial charge in [-0.3, -0.25) is 0 Å². The number of aromatic nitrogens is 2. The van der Waals surface area contributed by atoms with Gasteiger partial charge in [-0.25, -0.2) is 9.97 Å². The van der Waals surface area contributed by atoms with Crippen molar-refractivity contribution in [3.05, 3.63) is 36.0 Å². The molecular formula is C23H26N6O. The van der Waals surface area contributed by atoms with E-state index in [1.54, 1.807) is 0 Å². The topological polar surface area (TPSA) is 77.3 Å². The van der Waals surface area contributed by atoms with Gasteiger partial charge in [0.25, 0.3) is 0 Å². The summed E-state index contributed by atoms with van der Waals surface area (Å²) < 4.78 is 5.44. The summed E-state index contributed by atoms with van der Waals surface area (Å²) in [6.45, 7) is 8.00. The first kappa shape index (κ1) is 18.1. The van der Waals surface area contributed by atoms with Crippen LogP contribution < -0.4 is 15.1 Å². The standard InChI is InChI=1S/C23H26N6O/c24-7-16-1-3-17(4-2-16)21-20(29-12-23(13-29)14-30-15-23)10-26-22(27-21)28-6-5-18-8-25-9-19(18)11-28/h1-4,10,18-19,25H,5-6,8-9,11-15H2.